The van der Waals surface area contributed by atoms with E-state index in [1.54, 1.807) is 36.0 Å². The molecule has 2 heterocycles. The van der Waals surface area contributed by atoms with Crippen LogP contribution >= 0.6 is 23.5 Å². The highest BCUT2D eigenvalue weighted by Gasteiger charge is 2.25. The van der Waals surface area contributed by atoms with Gasteiger partial charge in [0.1, 0.15) is 17.6 Å². The van der Waals surface area contributed by atoms with Crippen LogP contribution in [0.1, 0.15) is 42.9 Å². The predicted molar refractivity (Wildman–Crippen MR) is 155 cm³/mol. The van der Waals surface area contributed by atoms with Crippen LogP contribution in [0, 0.1) is 0 Å². The zero-order valence-corrected chi connectivity index (χ0v) is 23.5. The van der Waals surface area contributed by atoms with Crippen LogP contribution in [0.15, 0.2) is 76.5 Å². The first-order valence-corrected chi connectivity index (χ1v) is 15.0. The Kier molecular flexibility index (Phi) is 8.84. The lowest BCUT2D eigenvalue weighted by Gasteiger charge is -2.18. The molecule has 0 radical (unpaired) electrons. The van der Waals surface area contributed by atoms with E-state index < -0.39 is 5.25 Å². The average molecular weight is 572 g/mol. The Morgan fingerprint density at radius 2 is 1.79 bits per heavy atom. The summed E-state index contributed by atoms with van der Waals surface area (Å²) in [6.07, 6.45) is 2.37. The quantitative estimate of drug-likeness (QED) is 0.261. The summed E-state index contributed by atoms with van der Waals surface area (Å²) >= 11 is 2.25. The molecule has 0 amide bonds. The summed E-state index contributed by atoms with van der Waals surface area (Å²) in [6.45, 7) is 3.11. The van der Waals surface area contributed by atoms with Gasteiger partial charge in [-0.1, -0.05) is 36.0 Å². The molecule has 0 bridgehead atoms. The Bertz CT molecular complexity index is 1310. The Hall–Kier alpha value is -2.55. The predicted octanol–water partition coefficient (Wildman–Crippen LogP) is 8.36. The van der Waals surface area contributed by atoms with Crippen LogP contribution in [0.2, 0.25) is 0 Å². The van der Waals surface area contributed by atoms with Crippen molar-refractivity contribution in [3.63, 3.8) is 0 Å². The molecule has 2 aliphatic heterocycles. The first-order chi connectivity index (χ1) is 18.8. The van der Waals surface area contributed by atoms with E-state index in [0.717, 1.165) is 83.6 Å². The first-order valence-electron chi connectivity index (χ1n) is 13.2. The number of allylic oxidation sites excluding steroid dienone is 1. The Balaban J connectivity index is 1.45. The molecule has 3 aromatic rings. The van der Waals surface area contributed by atoms with Crippen LogP contribution in [0.4, 0.5) is 13.2 Å². The highest BCUT2D eigenvalue weighted by molar-refractivity contribution is 8.00. The largest absolute Gasteiger partial charge is 0.508 e. The van der Waals surface area contributed by atoms with E-state index in [1.807, 2.05) is 30.3 Å². The highest BCUT2D eigenvalue weighted by atomic mass is 32.2. The second kappa shape index (κ2) is 12.3. The normalized spacial score (nSPS) is 18.2. The minimum absolute atomic E-state index is 0.0927. The number of ether oxygens (including phenoxy) is 1. The third-order valence-corrected chi connectivity index (χ3v) is 8.85. The molecule has 1 N–H and O–H groups in total. The maximum Gasteiger partial charge on any atom is 0.295 e. The van der Waals surface area contributed by atoms with E-state index in [9.17, 15) is 18.3 Å². The van der Waals surface area contributed by atoms with Crippen molar-refractivity contribution in [2.24, 2.45) is 0 Å². The molecule has 3 aromatic carbocycles. The standard InChI is InChI=1S/C31H32F3NO2S2/c1-31(33,34)39-26-10-5-21(6-11-26)27-14-18-38-29-19-23(36)7-12-28(29)30(27)22-3-8-24(9-4-22)37-25-13-17-35(20-25)16-2-15-32/h3-12,19,25,36H,2,13-18,20H2,1H3. The number of nitrogens with zero attached hydrogens (tertiary/aromatic N) is 1. The Morgan fingerprint density at radius 1 is 1.05 bits per heavy atom. The van der Waals surface area contributed by atoms with Crippen LogP contribution in [0.25, 0.3) is 11.1 Å². The van der Waals surface area contributed by atoms with Crippen LogP contribution in [0.5, 0.6) is 11.5 Å². The molecular formula is C31H32F3NO2S2. The topological polar surface area (TPSA) is 32.7 Å². The van der Waals surface area contributed by atoms with E-state index in [4.69, 9.17) is 4.74 Å². The third-order valence-electron chi connectivity index (χ3n) is 6.93. The van der Waals surface area contributed by atoms with Gasteiger partial charge >= 0.3 is 0 Å². The summed E-state index contributed by atoms with van der Waals surface area (Å²) in [7, 11) is 0. The van der Waals surface area contributed by atoms with Gasteiger partial charge in [0.05, 0.1) is 6.67 Å². The van der Waals surface area contributed by atoms with Gasteiger partial charge in [-0.25, -0.2) is 0 Å². The molecule has 206 valence electrons. The molecule has 1 saturated heterocycles. The lowest BCUT2D eigenvalue weighted by Crippen LogP contribution is -2.26. The van der Waals surface area contributed by atoms with Crippen LogP contribution in [0.3, 0.4) is 0 Å². The van der Waals surface area contributed by atoms with Crippen molar-refractivity contribution in [1.29, 1.82) is 0 Å². The van der Waals surface area contributed by atoms with Gasteiger partial charge in [0, 0.05) is 42.1 Å². The van der Waals surface area contributed by atoms with Crippen LogP contribution in [-0.4, -0.2) is 53.4 Å². The smallest absolute Gasteiger partial charge is 0.295 e. The number of rotatable bonds is 9. The summed E-state index contributed by atoms with van der Waals surface area (Å²) < 4.78 is 45.8. The van der Waals surface area contributed by atoms with Crippen LogP contribution in [-0.2, 0) is 0 Å². The molecule has 3 nitrogen and oxygen atoms in total. The van der Waals surface area contributed by atoms with Gasteiger partial charge in [-0.15, -0.1) is 11.8 Å². The monoisotopic (exact) mass is 571 g/mol. The van der Waals surface area contributed by atoms with Crippen molar-refractivity contribution < 1.29 is 23.0 Å². The minimum atomic E-state index is -2.83. The fraction of sp³-hybridized carbons (Fsp3) is 0.355. The minimum Gasteiger partial charge on any atom is -0.508 e. The lowest BCUT2D eigenvalue weighted by atomic mass is 9.88. The van der Waals surface area contributed by atoms with E-state index in [2.05, 4.69) is 17.0 Å². The number of phenols is 1. The van der Waals surface area contributed by atoms with E-state index in [-0.39, 0.29) is 18.5 Å². The second-order valence-electron chi connectivity index (χ2n) is 9.96. The number of fused-ring (bicyclic) bond motifs is 1. The molecule has 2 aliphatic rings. The second-order valence-corrected chi connectivity index (χ2v) is 12.5. The summed E-state index contributed by atoms with van der Waals surface area (Å²) in [6, 6.07) is 20.9. The number of phenolic OH excluding ortho intramolecular Hbond substituents is 1. The molecule has 0 aliphatic carbocycles. The van der Waals surface area contributed by atoms with Gasteiger partial charge in [-0.3, -0.25) is 9.29 Å². The highest BCUT2D eigenvalue weighted by Crippen LogP contribution is 2.44. The van der Waals surface area contributed by atoms with Crippen molar-refractivity contribution in [2.75, 3.05) is 32.1 Å². The van der Waals surface area contributed by atoms with Gasteiger partial charge in [0.15, 0.2) is 0 Å². The van der Waals surface area contributed by atoms with Crippen molar-refractivity contribution in [1.82, 2.24) is 4.90 Å². The molecule has 5 rings (SSSR count). The molecule has 0 spiro atoms. The average Bonchev–Trinajstić information content (AvgIpc) is 3.26. The molecule has 1 atom stereocenters. The van der Waals surface area contributed by atoms with E-state index in [1.165, 1.54) is 0 Å². The molecule has 8 heteroatoms. The van der Waals surface area contributed by atoms with Crippen molar-refractivity contribution >= 4 is 34.7 Å². The molecule has 0 saturated carbocycles. The van der Waals surface area contributed by atoms with Crippen molar-refractivity contribution in [3.8, 4) is 11.5 Å². The summed E-state index contributed by atoms with van der Waals surface area (Å²) in [4.78, 5) is 3.78. The van der Waals surface area contributed by atoms with Gasteiger partial charge in [0.2, 0.25) is 0 Å². The fourth-order valence-electron chi connectivity index (χ4n) is 5.21. The molecule has 1 unspecified atom stereocenters. The Morgan fingerprint density at radius 3 is 2.51 bits per heavy atom. The van der Waals surface area contributed by atoms with Gasteiger partial charge in [-0.05, 0) is 89.6 Å². The van der Waals surface area contributed by atoms with Crippen molar-refractivity contribution in [3.05, 3.63) is 83.4 Å². The lowest BCUT2D eigenvalue weighted by molar-refractivity contribution is 0.129. The van der Waals surface area contributed by atoms with Gasteiger partial charge < -0.3 is 9.84 Å². The zero-order valence-electron chi connectivity index (χ0n) is 21.8. The molecular weight excluding hydrogens is 539 g/mol. The van der Waals surface area contributed by atoms with Gasteiger partial charge in [0.25, 0.3) is 5.25 Å². The molecule has 1 fully saturated rings. The SMILES string of the molecule is CC(F)(F)Sc1ccc(C2=C(c3ccc(OC4CCN(CCCF)C4)cc3)c3ccc(O)cc3SCC2)cc1. The summed E-state index contributed by atoms with van der Waals surface area (Å²) in [5, 5.41) is 7.32. The van der Waals surface area contributed by atoms with Crippen molar-refractivity contribution in [2.45, 2.75) is 47.3 Å². The van der Waals surface area contributed by atoms with Crippen LogP contribution < -0.4 is 4.74 Å². The molecule has 0 aromatic heterocycles. The number of hydrogen-bond donors (Lipinski definition) is 1. The van der Waals surface area contributed by atoms with E-state index in [0.29, 0.717) is 23.1 Å². The summed E-state index contributed by atoms with van der Waals surface area (Å²) in [5.74, 6) is 1.86. The number of benzene rings is 3. The van der Waals surface area contributed by atoms with Gasteiger partial charge in [-0.2, -0.15) is 8.78 Å². The number of hydrogen-bond acceptors (Lipinski definition) is 5. The number of halogens is 3. The number of aromatic hydroxyl groups is 1. The maximum atomic E-state index is 13.5. The summed E-state index contributed by atoms with van der Waals surface area (Å²) in [5.41, 5.74) is 5.27. The first kappa shape index (κ1) is 28.0. The maximum absolute atomic E-state index is 13.5. The number of alkyl halides is 3. The third kappa shape index (κ3) is 7.16. The fourth-order valence-corrected chi connectivity index (χ4v) is 6.95. The molecule has 39 heavy (non-hydrogen) atoms. The van der Waals surface area contributed by atoms with E-state index >= 15 is 0 Å². The zero-order chi connectivity index (χ0) is 27.4. The number of likely N-dealkylation sites (tertiary alicyclic amines) is 1. The number of thioether (sulfide) groups is 2. The Labute approximate surface area is 236 Å².